The minimum Gasteiger partial charge on any atom is -0.469 e. The van der Waals surface area contributed by atoms with E-state index in [0.717, 1.165) is 70.4 Å². The van der Waals surface area contributed by atoms with Gasteiger partial charge in [-0.3, -0.25) is 4.99 Å². The van der Waals surface area contributed by atoms with Gasteiger partial charge in [0.15, 0.2) is 5.96 Å². The summed E-state index contributed by atoms with van der Waals surface area (Å²) in [5.74, 6) is 1.94. The van der Waals surface area contributed by atoms with Gasteiger partial charge in [0, 0.05) is 39.2 Å². The van der Waals surface area contributed by atoms with E-state index >= 15 is 0 Å². The molecule has 0 amide bonds. The molecule has 1 aromatic heterocycles. The number of hydrogen-bond acceptors (Lipinski definition) is 4. The number of hydrogen-bond donors (Lipinski definition) is 1. The van der Waals surface area contributed by atoms with Gasteiger partial charge in [-0.05, 0) is 31.9 Å². The molecule has 0 spiro atoms. The molecule has 1 N–H and O–H groups in total. The topological polar surface area (TPSA) is 59.2 Å². The zero-order chi connectivity index (χ0) is 15.9. The van der Waals surface area contributed by atoms with Crippen LogP contribution >= 0.6 is 0 Å². The van der Waals surface area contributed by atoms with Gasteiger partial charge in [-0.15, -0.1) is 0 Å². The molecule has 23 heavy (non-hydrogen) atoms. The largest absolute Gasteiger partial charge is 0.469 e. The average molecular weight is 321 g/mol. The normalized spacial score (nSPS) is 25.8. The van der Waals surface area contributed by atoms with Crippen molar-refractivity contribution in [1.82, 2.24) is 10.2 Å². The molecule has 3 rings (SSSR count). The predicted molar refractivity (Wildman–Crippen MR) is 88.7 cm³/mol. The van der Waals surface area contributed by atoms with Gasteiger partial charge in [0.2, 0.25) is 0 Å². The first-order valence-electron chi connectivity index (χ1n) is 8.65. The number of ether oxygens (including phenoxy) is 2. The lowest BCUT2D eigenvalue weighted by molar-refractivity contribution is -0.0817. The van der Waals surface area contributed by atoms with Crippen molar-refractivity contribution in [3.63, 3.8) is 0 Å². The van der Waals surface area contributed by atoms with Gasteiger partial charge >= 0.3 is 0 Å². The summed E-state index contributed by atoms with van der Waals surface area (Å²) in [7, 11) is 0. The lowest BCUT2D eigenvalue weighted by Gasteiger charge is -2.37. The minimum atomic E-state index is 0.153. The molecule has 6 heteroatoms. The highest BCUT2D eigenvalue weighted by Crippen LogP contribution is 2.21. The number of nitrogens with zero attached hydrogens (tertiary/aromatic N) is 2. The Balaban J connectivity index is 1.57. The molecule has 2 aliphatic rings. The molecule has 2 saturated heterocycles. The fraction of sp³-hybridized carbons (Fsp3) is 0.706. The highest BCUT2D eigenvalue weighted by Gasteiger charge is 2.32. The zero-order valence-electron chi connectivity index (χ0n) is 13.9. The van der Waals surface area contributed by atoms with Crippen LogP contribution in [0.5, 0.6) is 0 Å². The lowest BCUT2D eigenvalue weighted by Crippen LogP contribution is -2.53. The summed E-state index contributed by atoms with van der Waals surface area (Å²) in [6.45, 7) is 6.99. The number of nitrogens with one attached hydrogen (secondary N) is 1. The Labute approximate surface area is 137 Å². The number of guanidine groups is 1. The van der Waals surface area contributed by atoms with E-state index in [-0.39, 0.29) is 12.2 Å². The van der Waals surface area contributed by atoms with E-state index in [4.69, 9.17) is 18.9 Å². The maximum Gasteiger partial charge on any atom is 0.194 e. The van der Waals surface area contributed by atoms with Crippen LogP contribution in [-0.2, 0) is 15.9 Å². The van der Waals surface area contributed by atoms with Gasteiger partial charge in [0.25, 0.3) is 0 Å². The number of aliphatic imine (C=N–C) groups is 1. The van der Waals surface area contributed by atoms with E-state index in [1.165, 1.54) is 0 Å². The summed E-state index contributed by atoms with van der Waals surface area (Å²) in [6, 6.07) is 3.91. The van der Waals surface area contributed by atoms with Gasteiger partial charge in [-0.2, -0.15) is 0 Å². The van der Waals surface area contributed by atoms with Crippen molar-refractivity contribution >= 4 is 5.96 Å². The van der Waals surface area contributed by atoms with Crippen LogP contribution in [0.3, 0.4) is 0 Å². The van der Waals surface area contributed by atoms with E-state index < -0.39 is 0 Å². The van der Waals surface area contributed by atoms with Crippen molar-refractivity contribution in [2.24, 2.45) is 4.99 Å². The molecule has 2 atom stereocenters. The van der Waals surface area contributed by atoms with E-state index in [9.17, 15) is 0 Å². The number of furan rings is 1. The summed E-state index contributed by atoms with van der Waals surface area (Å²) in [5, 5.41) is 3.39. The van der Waals surface area contributed by atoms with E-state index in [0.29, 0.717) is 0 Å². The van der Waals surface area contributed by atoms with Crippen LogP contribution in [0.25, 0.3) is 0 Å². The lowest BCUT2D eigenvalue weighted by atomic mass is 10.1. The van der Waals surface area contributed by atoms with Crippen molar-refractivity contribution < 1.29 is 13.9 Å². The molecule has 128 valence electrons. The molecule has 2 unspecified atom stereocenters. The third-order valence-electron chi connectivity index (χ3n) is 4.31. The molecule has 0 aliphatic carbocycles. The summed E-state index contributed by atoms with van der Waals surface area (Å²) in [5.41, 5.74) is 0. The van der Waals surface area contributed by atoms with Crippen molar-refractivity contribution in [2.45, 2.75) is 38.4 Å². The van der Waals surface area contributed by atoms with Crippen LogP contribution in [-0.4, -0.2) is 62.5 Å². The van der Waals surface area contributed by atoms with Crippen LogP contribution in [0.1, 0.15) is 25.5 Å². The van der Waals surface area contributed by atoms with Gasteiger partial charge in [0.1, 0.15) is 11.9 Å². The van der Waals surface area contributed by atoms with Gasteiger partial charge in [-0.25, -0.2) is 0 Å². The Morgan fingerprint density at radius 3 is 3.00 bits per heavy atom. The smallest absolute Gasteiger partial charge is 0.194 e. The quantitative estimate of drug-likeness (QED) is 0.660. The van der Waals surface area contributed by atoms with Crippen LogP contribution < -0.4 is 5.32 Å². The molecular formula is C17H27N3O3. The van der Waals surface area contributed by atoms with Crippen molar-refractivity contribution in [2.75, 3.05) is 39.4 Å². The second kappa shape index (κ2) is 8.36. The van der Waals surface area contributed by atoms with Gasteiger partial charge < -0.3 is 24.1 Å². The Bertz CT molecular complexity index is 483. The summed E-state index contributed by atoms with van der Waals surface area (Å²) >= 11 is 0. The first kappa shape index (κ1) is 16.3. The Morgan fingerprint density at radius 2 is 2.26 bits per heavy atom. The molecular weight excluding hydrogens is 294 g/mol. The van der Waals surface area contributed by atoms with E-state index in [1.807, 2.05) is 12.1 Å². The molecule has 0 bridgehead atoms. The van der Waals surface area contributed by atoms with Crippen molar-refractivity contribution in [3.05, 3.63) is 24.2 Å². The third-order valence-corrected chi connectivity index (χ3v) is 4.31. The van der Waals surface area contributed by atoms with E-state index in [1.54, 1.807) is 6.26 Å². The summed E-state index contributed by atoms with van der Waals surface area (Å²) in [4.78, 5) is 7.04. The standard InChI is InChI=1S/C17H27N3O3/c1-2-18-17(19-8-7-14-5-3-10-21-14)20-9-12-23-16(13-20)15-6-4-11-22-15/h3,5,10,15-16H,2,4,6-9,11-13H2,1H3,(H,18,19). The molecule has 3 heterocycles. The first-order chi connectivity index (χ1) is 11.4. The Kier molecular flexibility index (Phi) is 5.93. The molecule has 6 nitrogen and oxygen atoms in total. The maximum absolute atomic E-state index is 5.92. The molecule has 1 aromatic rings. The highest BCUT2D eigenvalue weighted by molar-refractivity contribution is 5.80. The predicted octanol–water partition coefficient (Wildman–Crippen LogP) is 1.67. The molecule has 0 saturated carbocycles. The molecule has 2 fully saturated rings. The maximum atomic E-state index is 5.92. The van der Waals surface area contributed by atoms with Crippen LogP contribution in [0.4, 0.5) is 0 Å². The first-order valence-corrected chi connectivity index (χ1v) is 8.65. The monoisotopic (exact) mass is 321 g/mol. The second-order valence-electron chi connectivity index (χ2n) is 5.97. The Hall–Kier alpha value is -1.53. The van der Waals surface area contributed by atoms with Crippen molar-refractivity contribution in [1.29, 1.82) is 0 Å². The van der Waals surface area contributed by atoms with Crippen molar-refractivity contribution in [3.8, 4) is 0 Å². The summed E-state index contributed by atoms with van der Waals surface area (Å²) < 4.78 is 17.1. The molecule has 2 aliphatic heterocycles. The fourth-order valence-corrected chi connectivity index (χ4v) is 3.14. The SMILES string of the molecule is CCNC(=NCCc1ccco1)N1CCOC(C2CCCO2)C1. The van der Waals surface area contributed by atoms with Crippen LogP contribution in [0.15, 0.2) is 27.8 Å². The minimum absolute atomic E-state index is 0.153. The van der Waals surface area contributed by atoms with Crippen LogP contribution in [0, 0.1) is 0 Å². The summed E-state index contributed by atoms with van der Waals surface area (Å²) in [6.07, 6.45) is 5.16. The highest BCUT2D eigenvalue weighted by atomic mass is 16.5. The second-order valence-corrected chi connectivity index (χ2v) is 5.97. The van der Waals surface area contributed by atoms with E-state index in [2.05, 4.69) is 17.1 Å². The number of rotatable bonds is 5. The molecule has 0 radical (unpaired) electrons. The Morgan fingerprint density at radius 1 is 1.35 bits per heavy atom. The van der Waals surface area contributed by atoms with Crippen LogP contribution in [0.2, 0.25) is 0 Å². The average Bonchev–Trinajstić information content (AvgIpc) is 3.28. The van der Waals surface area contributed by atoms with Gasteiger partial charge in [-0.1, -0.05) is 0 Å². The fourth-order valence-electron chi connectivity index (χ4n) is 3.14. The number of morpholine rings is 1. The molecule has 0 aromatic carbocycles. The third kappa shape index (κ3) is 4.48. The van der Waals surface area contributed by atoms with Gasteiger partial charge in [0.05, 0.1) is 19.0 Å². The zero-order valence-corrected chi connectivity index (χ0v) is 13.9.